The molecule has 1 unspecified atom stereocenters. The molecule has 2 aromatic heterocycles. The summed E-state index contributed by atoms with van der Waals surface area (Å²) in [4.78, 5) is 63.9. The van der Waals surface area contributed by atoms with Gasteiger partial charge in [0.15, 0.2) is 0 Å². The predicted molar refractivity (Wildman–Crippen MR) is 194 cm³/mol. The number of imide groups is 2. The number of benzene rings is 3. The number of carbonyl (C=O) groups is 4. The molecule has 2 fully saturated rings. The lowest BCUT2D eigenvalue weighted by molar-refractivity contribution is -0.136. The van der Waals surface area contributed by atoms with E-state index in [2.05, 4.69) is 26.1 Å². The Labute approximate surface area is 300 Å². The third-order valence-electron chi connectivity index (χ3n) is 10.7. The molecule has 0 radical (unpaired) electrons. The molecule has 1 saturated carbocycles. The van der Waals surface area contributed by atoms with Gasteiger partial charge in [0.1, 0.15) is 11.8 Å². The first kappa shape index (κ1) is 33.2. The van der Waals surface area contributed by atoms with Crippen LogP contribution in [0.1, 0.15) is 77.3 Å². The Kier molecular flexibility index (Phi) is 8.96. The van der Waals surface area contributed by atoms with E-state index in [1.54, 1.807) is 25.4 Å². The Morgan fingerprint density at radius 1 is 0.865 bits per heavy atom. The number of amides is 4. The molecule has 3 aliphatic rings. The van der Waals surface area contributed by atoms with Crippen LogP contribution in [0.15, 0.2) is 85.3 Å². The summed E-state index contributed by atoms with van der Waals surface area (Å²) in [5.41, 5.74) is 5.98. The minimum absolute atomic E-state index is 0.0795. The van der Waals surface area contributed by atoms with E-state index in [1.807, 2.05) is 60.8 Å². The molecule has 1 saturated heterocycles. The number of aromatic nitrogens is 4. The smallest absolute Gasteiger partial charge is 0.262 e. The number of ether oxygens (including phenoxy) is 1. The number of nitrogens with one attached hydrogen (secondary N) is 1. The standard InChI is InChI=1S/C40H39N7O5/c1-52-30-13-8-26(9-14-30)23-45(29-12-15-31-32(20-29)40(51)47(39(31)50)36-16-17-37(48)44-38(36)49)19-18-25-6-10-28(11-7-25)46-24-27(21-42-46)35-22-41-33-4-2-3-5-34(33)43-35/h2-5,8-9,12-15,20-22,24-25,28,36H,6-7,10-11,16-19,23H2,1H3,(H,44,48,49). The second-order valence-corrected chi connectivity index (χ2v) is 13.9. The second kappa shape index (κ2) is 14.0. The predicted octanol–water partition coefficient (Wildman–Crippen LogP) is 5.73. The van der Waals surface area contributed by atoms with Crippen molar-refractivity contribution in [3.8, 4) is 17.0 Å². The van der Waals surface area contributed by atoms with E-state index in [1.165, 1.54) is 0 Å². The zero-order valence-corrected chi connectivity index (χ0v) is 28.9. The molecular formula is C40H39N7O5. The third-order valence-corrected chi connectivity index (χ3v) is 10.7. The number of para-hydroxylation sites is 2. The van der Waals surface area contributed by atoms with Gasteiger partial charge < -0.3 is 9.64 Å². The Morgan fingerprint density at radius 2 is 1.63 bits per heavy atom. The molecule has 0 bridgehead atoms. The highest BCUT2D eigenvalue weighted by Gasteiger charge is 2.44. The molecule has 8 rings (SSSR count). The van der Waals surface area contributed by atoms with E-state index in [0.717, 1.165) is 82.8 Å². The third kappa shape index (κ3) is 6.52. The highest BCUT2D eigenvalue weighted by Crippen LogP contribution is 2.36. The Hall–Kier alpha value is -5.91. The highest BCUT2D eigenvalue weighted by molar-refractivity contribution is 6.23. The molecule has 12 nitrogen and oxygen atoms in total. The first-order valence-electron chi connectivity index (χ1n) is 17.8. The molecule has 4 amide bonds. The Morgan fingerprint density at radius 3 is 2.40 bits per heavy atom. The maximum Gasteiger partial charge on any atom is 0.262 e. The molecule has 2 aliphatic heterocycles. The summed E-state index contributed by atoms with van der Waals surface area (Å²) in [6.07, 6.45) is 11.1. The van der Waals surface area contributed by atoms with Crippen molar-refractivity contribution in [2.24, 2.45) is 5.92 Å². The number of fused-ring (bicyclic) bond motifs is 2. The van der Waals surface area contributed by atoms with Crippen LogP contribution in [0.25, 0.3) is 22.3 Å². The largest absolute Gasteiger partial charge is 0.497 e. The normalized spacial score (nSPS) is 20.2. The summed E-state index contributed by atoms with van der Waals surface area (Å²) >= 11 is 0. The summed E-state index contributed by atoms with van der Waals surface area (Å²) in [6, 6.07) is 20.5. The lowest BCUT2D eigenvalue weighted by atomic mass is 9.84. The van der Waals surface area contributed by atoms with Crippen LogP contribution >= 0.6 is 0 Å². The zero-order chi connectivity index (χ0) is 35.8. The monoisotopic (exact) mass is 697 g/mol. The van der Waals surface area contributed by atoms with Crippen LogP contribution in [0.4, 0.5) is 5.69 Å². The van der Waals surface area contributed by atoms with E-state index in [9.17, 15) is 19.2 Å². The molecule has 4 heterocycles. The lowest BCUT2D eigenvalue weighted by Gasteiger charge is -2.32. The van der Waals surface area contributed by atoms with E-state index in [0.29, 0.717) is 18.5 Å². The van der Waals surface area contributed by atoms with Crippen LogP contribution in [-0.2, 0) is 16.1 Å². The Bertz CT molecular complexity index is 2170. The average molecular weight is 698 g/mol. The van der Waals surface area contributed by atoms with Gasteiger partial charge in [-0.25, -0.2) is 4.98 Å². The molecule has 1 atom stereocenters. The van der Waals surface area contributed by atoms with Gasteiger partial charge >= 0.3 is 0 Å². The fourth-order valence-electron chi connectivity index (χ4n) is 7.71. The topological polar surface area (TPSA) is 140 Å². The SMILES string of the molecule is COc1ccc(CN(CCC2CCC(n3cc(-c4cnc5ccccc5n4)cn3)CC2)c2ccc3c(c2)C(=O)N(C2CCC(=O)NC2=O)C3=O)cc1. The molecule has 0 spiro atoms. The average Bonchev–Trinajstić information content (AvgIpc) is 3.76. The van der Waals surface area contributed by atoms with Crippen molar-refractivity contribution >= 4 is 40.3 Å². The van der Waals surface area contributed by atoms with Gasteiger partial charge in [-0.05, 0) is 92.5 Å². The van der Waals surface area contributed by atoms with E-state index < -0.39 is 29.7 Å². The van der Waals surface area contributed by atoms with Crippen LogP contribution in [0.2, 0.25) is 0 Å². The molecule has 12 heteroatoms. The number of anilines is 1. The van der Waals surface area contributed by atoms with Crippen molar-refractivity contribution in [3.05, 3.63) is 102 Å². The van der Waals surface area contributed by atoms with Crippen molar-refractivity contribution in [1.82, 2.24) is 30.0 Å². The number of rotatable bonds is 10. The van der Waals surface area contributed by atoms with E-state index >= 15 is 0 Å². The quantitative estimate of drug-likeness (QED) is 0.181. The Balaban J connectivity index is 0.952. The molecule has 5 aromatic rings. The van der Waals surface area contributed by atoms with Gasteiger partial charge in [-0.2, -0.15) is 5.10 Å². The number of hydrogen-bond donors (Lipinski definition) is 1. The van der Waals surface area contributed by atoms with Crippen LogP contribution in [0.3, 0.4) is 0 Å². The maximum absolute atomic E-state index is 13.6. The molecule has 1 aliphatic carbocycles. The van der Waals surface area contributed by atoms with E-state index in [-0.39, 0.29) is 24.0 Å². The van der Waals surface area contributed by atoms with Gasteiger partial charge in [-0.15, -0.1) is 0 Å². The number of nitrogens with zero attached hydrogens (tertiary/aromatic N) is 6. The first-order valence-corrected chi connectivity index (χ1v) is 17.8. The summed E-state index contributed by atoms with van der Waals surface area (Å²) in [5, 5.41) is 6.98. The summed E-state index contributed by atoms with van der Waals surface area (Å²) < 4.78 is 7.45. The van der Waals surface area contributed by atoms with Crippen LogP contribution in [0.5, 0.6) is 5.75 Å². The fourth-order valence-corrected chi connectivity index (χ4v) is 7.71. The summed E-state index contributed by atoms with van der Waals surface area (Å²) in [6.45, 7) is 1.36. The van der Waals surface area contributed by atoms with Gasteiger partial charge in [0, 0.05) is 37.0 Å². The summed E-state index contributed by atoms with van der Waals surface area (Å²) in [5.74, 6) is -0.726. The lowest BCUT2D eigenvalue weighted by Crippen LogP contribution is -2.54. The van der Waals surface area contributed by atoms with Crippen molar-refractivity contribution in [2.45, 2.75) is 63.6 Å². The van der Waals surface area contributed by atoms with Gasteiger partial charge in [0.2, 0.25) is 11.8 Å². The van der Waals surface area contributed by atoms with Crippen LogP contribution in [-0.4, -0.2) is 68.0 Å². The van der Waals surface area contributed by atoms with Crippen LogP contribution < -0.4 is 15.0 Å². The molecule has 3 aromatic carbocycles. The minimum Gasteiger partial charge on any atom is -0.497 e. The maximum atomic E-state index is 13.6. The van der Waals surface area contributed by atoms with Crippen molar-refractivity contribution in [2.75, 3.05) is 18.6 Å². The van der Waals surface area contributed by atoms with Gasteiger partial charge in [-0.1, -0.05) is 24.3 Å². The van der Waals surface area contributed by atoms with Crippen molar-refractivity contribution in [3.63, 3.8) is 0 Å². The molecule has 1 N–H and O–H groups in total. The number of carbonyl (C=O) groups excluding carboxylic acids is 4. The zero-order valence-electron chi connectivity index (χ0n) is 28.9. The fraction of sp³-hybridized carbons (Fsp3) is 0.325. The number of hydrogen-bond acceptors (Lipinski definition) is 9. The molecule has 52 heavy (non-hydrogen) atoms. The highest BCUT2D eigenvalue weighted by atomic mass is 16.5. The first-order chi connectivity index (χ1) is 25.3. The summed E-state index contributed by atoms with van der Waals surface area (Å²) in [7, 11) is 1.64. The van der Waals surface area contributed by atoms with Crippen molar-refractivity contribution in [1.29, 1.82) is 0 Å². The van der Waals surface area contributed by atoms with Gasteiger partial charge in [-0.3, -0.25) is 39.1 Å². The van der Waals surface area contributed by atoms with Crippen LogP contribution in [0, 0.1) is 5.92 Å². The number of piperidine rings is 1. The van der Waals surface area contributed by atoms with Gasteiger partial charge in [0.05, 0.1) is 53.4 Å². The molecular weight excluding hydrogens is 658 g/mol. The molecule has 264 valence electrons. The second-order valence-electron chi connectivity index (χ2n) is 13.9. The number of methoxy groups -OCH3 is 1. The minimum atomic E-state index is -1.00. The van der Waals surface area contributed by atoms with Gasteiger partial charge in [0.25, 0.3) is 11.8 Å². The van der Waals surface area contributed by atoms with Crippen molar-refractivity contribution < 1.29 is 23.9 Å². The van der Waals surface area contributed by atoms with E-state index in [4.69, 9.17) is 14.8 Å².